The first-order valence-corrected chi connectivity index (χ1v) is 10.3. The lowest BCUT2D eigenvalue weighted by molar-refractivity contribution is 0.0932. The third kappa shape index (κ3) is 4.21. The number of aryl methyl sites for hydroxylation is 1. The summed E-state index contributed by atoms with van der Waals surface area (Å²) in [6, 6.07) is 3.90. The molecule has 0 atom stereocenters. The third-order valence-corrected chi connectivity index (χ3v) is 5.44. The van der Waals surface area contributed by atoms with E-state index in [0.717, 1.165) is 24.1 Å². The number of nitrogens with one attached hydrogen (secondary N) is 1. The van der Waals surface area contributed by atoms with Gasteiger partial charge in [-0.3, -0.25) is 4.79 Å². The molecule has 8 nitrogen and oxygen atoms in total. The fourth-order valence-corrected chi connectivity index (χ4v) is 3.73. The van der Waals surface area contributed by atoms with Gasteiger partial charge in [0.15, 0.2) is 11.6 Å². The normalized spacial score (nSPS) is 15.2. The van der Waals surface area contributed by atoms with Crippen molar-refractivity contribution >= 4 is 5.91 Å². The van der Waals surface area contributed by atoms with E-state index >= 15 is 0 Å². The van der Waals surface area contributed by atoms with Crippen LogP contribution in [0, 0.1) is 6.92 Å². The summed E-state index contributed by atoms with van der Waals surface area (Å²) in [6.45, 7) is 3.85. The van der Waals surface area contributed by atoms with Gasteiger partial charge in [0.05, 0.1) is 17.5 Å². The minimum Gasteiger partial charge on any atom is -0.349 e. The lowest BCUT2D eigenvalue weighted by Crippen LogP contribution is -2.34. The summed E-state index contributed by atoms with van der Waals surface area (Å²) in [5, 5.41) is 11.5. The predicted molar refractivity (Wildman–Crippen MR) is 108 cm³/mol. The molecule has 4 rings (SSSR count). The minimum absolute atomic E-state index is 0.0682. The Kier molecular flexibility index (Phi) is 5.69. The summed E-state index contributed by atoms with van der Waals surface area (Å²) in [5.74, 6) is 1.64. The van der Waals surface area contributed by atoms with Gasteiger partial charge in [0, 0.05) is 24.2 Å². The molecule has 0 spiro atoms. The zero-order chi connectivity index (χ0) is 20.2. The summed E-state index contributed by atoms with van der Waals surface area (Å²) in [6.07, 6.45) is 10.9. The molecule has 1 N–H and O–H groups in total. The molecule has 0 saturated heterocycles. The number of hydrogen-bond donors (Lipinski definition) is 1. The van der Waals surface area contributed by atoms with Gasteiger partial charge in [-0.1, -0.05) is 37.8 Å². The summed E-state index contributed by atoms with van der Waals surface area (Å²) >= 11 is 0. The number of hydrogen-bond acceptors (Lipinski definition) is 6. The number of amides is 1. The Bertz CT molecular complexity index is 985. The molecule has 1 fully saturated rings. The molecule has 152 valence electrons. The standard InChI is InChI=1S/C21H26N6O2/c1-3-18-25-21(29-26-18)15-10-11-22-19(12-15)27-14(2)17(13-23-27)20(28)24-16-8-6-4-5-7-9-16/h10-13,16H,3-9H2,1-2H3,(H,24,28). The van der Waals surface area contributed by atoms with Crippen LogP contribution in [0.3, 0.4) is 0 Å². The molecule has 0 bridgehead atoms. The number of pyridine rings is 1. The van der Waals surface area contributed by atoms with E-state index in [9.17, 15) is 4.79 Å². The van der Waals surface area contributed by atoms with Gasteiger partial charge < -0.3 is 9.84 Å². The van der Waals surface area contributed by atoms with E-state index in [1.54, 1.807) is 17.1 Å². The zero-order valence-corrected chi connectivity index (χ0v) is 16.9. The summed E-state index contributed by atoms with van der Waals surface area (Å²) in [4.78, 5) is 21.6. The van der Waals surface area contributed by atoms with Crippen LogP contribution in [-0.2, 0) is 6.42 Å². The van der Waals surface area contributed by atoms with E-state index in [0.29, 0.717) is 29.5 Å². The van der Waals surface area contributed by atoms with Crippen LogP contribution in [0.2, 0.25) is 0 Å². The van der Waals surface area contributed by atoms with Gasteiger partial charge >= 0.3 is 0 Å². The van der Waals surface area contributed by atoms with E-state index in [1.807, 2.05) is 26.0 Å². The highest BCUT2D eigenvalue weighted by atomic mass is 16.5. The van der Waals surface area contributed by atoms with Crippen molar-refractivity contribution in [1.82, 2.24) is 30.2 Å². The molecule has 3 heterocycles. The first-order chi connectivity index (χ1) is 14.2. The zero-order valence-electron chi connectivity index (χ0n) is 16.9. The molecular formula is C21H26N6O2. The van der Waals surface area contributed by atoms with Crippen molar-refractivity contribution in [2.45, 2.75) is 64.8 Å². The summed E-state index contributed by atoms with van der Waals surface area (Å²) in [5.41, 5.74) is 2.09. The van der Waals surface area contributed by atoms with Crippen LogP contribution in [0.4, 0.5) is 0 Å². The minimum atomic E-state index is -0.0682. The van der Waals surface area contributed by atoms with Gasteiger partial charge in [-0.25, -0.2) is 9.67 Å². The molecule has 1 aliphatic rings. The summed E-state index contributed by atoms with van der Waals surface area (Å²) in [7, 11) is 0. The Balaban J connectivity index is 1.55. The van der Waals surface area contributed by atoms with Crippen LogP contribution in [0.25, 0.3) is 17.3 Å². The highest BCUT2D eigenvalue weighted by molar-refractivity contribution is 5.95. The Labute approximate surface area is 169 Å². The molecule has 29 heavy (non-hydrogen) atoms. The Morgan fingerprint density at radius 2 is 2.07 bits per heavy atom. The maximum atomic E-state index is 12.8. The Hall–Kier alpha value is -3.03. The van der Waals surface area contributed by atoms with Crippen molar-refractivity contribution < 1.29 is 9.32 Å². The average Bonchev–Trinajstić information content (AvgIpc) is 3.29. The van der Waals surface area contributed by atoms with E-state index in [1.165, 1.54) is 25.7 Å². The second kappa shape index (κ2) is 8.55. The van der Waals surface area contributed by atoms with Crippen molar-refractivity contribution in [3.05, 3.63) is 41.6 Å². The van der Waals surface area contributed by atoms with Crippen molar-refractivity contribution in [3.63, 3.8) is 0 Å². The van der Waals surface area contributed by atoms with E-state index in [-0.39, 0.29) is 11.9 Å². The quantitative estimate of drug-likeness (QED) is 0.663. The first kappa shape index (κ1) is 19.3. The van der Waals surface area contributed by atoms with Gasteiger partial charge in [0.2, 0.25) is 0 Å². The first-order valence-electron chi connectivity index (χ1n) is 10.3. The Morgan fingerprint density at radius 3 is 2.79 bits per heavy atom. The molecule has 0 aromatic carbocycles. The van der Waals surface area contributed by atoms with Crippen LogP contribution in [0.1, 0.15) is 67.3 Å². The SMILES string of the molecule is CCc1noc(-c2ccnc(-n3ncc(C(=O)NC4CCCCCC4)c3C)c2)n1. The fraction of sp³-hybridized carbons (Fsp3) is 0.476. The second-order valence-corrected chi connectivity index (χ2v) is 7.49. The van der Waals surface area contributed by atoms with Crippen LogP contribution in [-0.4, -0.2) is 36.9 Å². The largest absolute Gasteiger partial charge is 0.349 e. The number of carbonyl (C=O) groups excluding carboxylic acids is 1. The van der Waals surface area contributed by atoms with Gasteiger partial charge in [0.25, 0.3) is 11.8 Å². The van der Waals surface area contributed by atoms with Crippen molar-refractivity contribution in [1.29, 1.82) is 0 Å². The number of rotatable bonds is 5. The van der Waals surface area contributed by atoms with Crippen molar-refractivity contribution in [3.8, 4) is 17.3 Å². The van der Waals surface area contributed by atoms with Gasteiger partial charge in [-0.05, 0) is 31.9 Å². The van der Waals surface area contributed by atoms with E-state index < -0.39 is 0 Å². The van der Waals surface area contributed by atoms with Gasteiger partial charge in [-0.15, -0.1) is 0 Å². The smallest absolute Gasteiger partial charge is 0.258 e. The average molecular weight is 394 g/mol. The van der Waals surface area contributed by atoms with Crippen molar-refractivity contribution in [2.75, 3.05) is 0 Å². The predicted octanol–water partition coefficient (Wildman–Crippen LogP) is 3.64. The highest BCUT2D eigenvalue weighted by Gasteiger charge is 2.20. The number of aromatic nitrogens is 5. The molecule has 1 saturated carbocycles. The van der Waals surface area contributed by atoms with E-state index in [4.69, 9.17) is 4.52 Å². The number of nitrogens with zero attached hydrogens (tertiary/aromatic N) is 5. The molecule has 3 aromatic heterocycles. The third-order valence-electron chi connectivity index (χ3n) is 5.44. The fourth-order valence-electron chi connectivity index (χ4n) is 3.73. The van der Waals surface area contributed by atoms with Gasteiger partial charge in [0.1, 0.15) is 0 Å². The molecule has 3 aromatic rings. The second-order valence-electron chi connectivity index (χ2n) is 7.49. The molecule has 1 aliphatic carbocycles. The molecule has 0 unspecified atom stereocenters. The molecular weight excluding hydrogens is 368 g/mol. The topological polar surface area (TPSA) is 98.7 Å². The van der Waals surface area contributed by atoms with Crippen LogP contribution < -0.4 is 5.32 Å². The maximum absolute atomic E-state index is 12.8. The molecule has 1 amide bonds. The monoisotopic (exact) mass is 394 g/mol. The lowest BCUT2D eigenvalue weighted by Gasteiger charge is -2.16. The van der Waals surface area contributed by atoms with Crippen LogP contribution in [0.15, 0.2) is 29.0 Å². The highest BCUT2D eigenvalue weighted by Crippen LogP contribution is 2.21. The maximum Gasteiger partial charge on any atom is 0.258 e. The van der Waals surface area contributed by atoms with Crippen LogP contribution >= 0.6 is 0 Å². The summed E-state index contributed by atoms with van der Waals surface area (Å²) < 4.78 is 6.99. The number of carbonyl (C=O) groups is 1. The van der Waals surface area contributed by atoms with Crippen molar-refractivity contribution in [2.24, 2.45) is 0 Å². The molecule has 0 radical (unpaired) electrons. The van der Waals surface area contributed by atoms with E-state index in [2.05, 4.69) is 25.5 Å². The van der Waals surface area contributed by atoms with Gasteiger partial charge in [-0.2, -0.15) is 10.1 Å². The molecule has 8 heteroatoms. The Morgan fingerprint density at radius 1 is 1.28 bits per heavy atom. The lowest BCUT2D eigenvalue weighted by atomic mass is 10.1. The molecule has 0 aliphatic heterocycles. The van der Waals surface area contributed by atoms with Crippen LogP contribution in [0.5, 0.6) is 0 Å².